The van der Waals surface area contributed by atoms with Crippen molar-refractivity contribution in [1.29, 1.82) is 5.41 Å². The van der Waals surface area contributed by atoms with Gasteiger partial charge in [-0.25, -0.2) is 0 Å². The van der Waals surface area contributed by atoms with Crippen molar-refractivity contribution in [2.24, 2.45) is 5.73 Å². The second-order valence-corrected chi connectivity index (χ2v) is 5.10. The van der Waals surface area contributed by atoms with Crippen LogP contribution in [0.2, 0.25) is 0 Å². The molecule has 2 aromatic carbocycles. The van der Waals surface area contributed by atoms with Gasteiger partial charge in [0.25, 0.3) is 0 Å². The number of rotatable bonds is 8. The van der Waals surface area contributed by atoms with Crippen molar-refractivity contribution in [3.05, 3.63) is 41.5 Å². The van der Waals surface area contributed by atoms with Crippen molar-refractivity contribution in [1.82, 2.24) is 0 Å². The minimum atomic E-state index is -0.0329. The molecule has 0 spiro atoms. The summed E-state index contributed by atoms with van der Waals surface area (Å²) >= 11 is 0. The van der Waals surface area contributed by atoms with E-state index in [2.05, 4.69) is 0 Å². The lowest BCUT2D eigenvalue weighted by Gasteiger charge is -2.15. The Kier molecular flexibility index (Phi) is 7.86. The van der Waals surface area contributed by atoms with Gasteiger partial charge >= 0.3 is 0 Å². The van der Waals surface area contributed by atoms with Crippen molar-refractivity contribution in [3.63, 3.8) is 0 Å². The third kappa shape index (κ3) is 4.64. The van der Waals surface area contributed by atoms with Gasteiger partial charge in [0.2, 0.25) is 5.75 Å². The highest BCUT2D eigenvalue weighted by Crippen LogP contribution is 2.38. The summed E-state index contributed by atoms with van der Waals surface area (Å²) in [6.07, 6.45) is 0. The summed E-state index contributed by atoms with van der Waals surface area (Å²) in [6, 6.07) is 8.71. The first kappa shape index (κ1) is 21.2. The number of halogens is 1. The minimum Gasteiger partial charge on any atom is -0.493 e. The van der Waals surface area contributed by atoms with Gasteiger partial charge in [-0.05, 0) is 35.9 Å². The van der Waals surface area contributed by atoms with Gasteiger partial charge in [-0.15, -0.1) is 12.4 Å². The smallest absolute Gasteiger partial charge is 0.203 e. The Morgan fingerprint density at radius 2 is 1.42 bits per heavy atom. The average molecular weight is 383 g/mol. The molecular weight excluding hydrogens is 360 g/mol. The summed E-state index contributed by atoms with van der Waals surface area (Å²) in [4.78, 5) is 0. The molecule has 0 aliphatic carbocycles. The van der Waals surface area contributed by atoms with E-state index < -0.39 is 0 Å². The molecule has 0 atom stereocenters. The number of ether oxygens (including phenoxy) is 5. The van der Waals surface area contributed by atoms with Crippen LogP contribution in [0.25, 0.3) is 0 Å². The lowest BCUT2D eigenvalue weighted by atomic mass is 10.1. The summed E-state index contributed by atoms with van der Waals surface area (Å²) in [5.41, 5.74) is 6.90. The zero-order chi connectivity index (χ0) is 18.4. The van der Waals surface area contributed by atoms with Crippen molar-refractivity contribution in [2.45, 2.75) is 6.61 Å². The van der Waals surface area contributed by atoms with E-state index in [-0.39, 0.29) is 24.8 Å². The first-order chi connectivity index (χ1) is 12.0. The van der Waals surface area contributed by atoms with Gasteiger partial charge in [0, 0.05) is 5.56 Å². The Hall–Kier alpha value is -2.80. The number of nitrogen functional groups attached to an aromatic ring is 1. The average Bonchev–Trinajstić information content (AvgIpc) is 2.64. The number of amidine groups is 1. The number of methoxy groups -OCH3 is 4. The van der Waals surface area contributed by atoms with E-state index in [4.69, 9.17) is 34.8 Å². The molecule has 0 fully saturated rings. The quantitative estimate of drug-likeness (QED) is 0.538. The molecule has 0 amide bonds. The third-order valence-corrected chi connectivity index (χ3v) is 3.59. The first-order valence-electron chi connectivity index (χ1n) is 7.48. The van der Waals surface area contributed by atoms with Gasteiger partial charge in [0.15, 0.2) is 23.0 Å². The molecule has 3 N–H and O–H groups in total. The molecule has 0 bridgehead atoms. The number of benzene rings is 2. The number of nitrogens with one attached hydrogen (secondary N) is 1. The normalized spacial score (nSPS) is 9.69. The van der Waals surface area contributed by atoms with E-state index in [0.717, 1.165) is 5.56 Å². The van der Waals surface area contributed by atoms with E-state index in [1.807, 2.05) is 12.1 Å². The highest BCUT2D eigenvalue weighted by atomic mass is 35.5. The van der Waals surface area contributed by atoms with Crippen LogP contribution in [-0.2, 0) is 6.61 Å². The van der Waals surface area contributed by atoms with Crippen LogP contribution in [0.1, 0.15) is 11.1 Å². The monoisotopic (exact) mass is 382 g/mol. The van der Waals surface area contributed by atoms with Gasteiger partial charge in [0.1, 0.15) is 12.4 Å². The zero-order valence-corrected chi connectivity index (χ0v) is 15.9. The van der Waals surface area contributed by atoms with E-state index in [9.17, 15) is 0 Å². The molecule has 26 heavy (non-hydrogen) atoms. The molecule has 0 radical (unpaired) electrons. The fraction of sp³-hybridized carbons (Fsp3) is 0.278. The summed E-state index contributed by atoms with van der Waals surface area (Å²) < 4.78 is 27.1. The highest BCUT2D eigenvalue weighted by Gasteiger charge is 2.14. The second-order valence-electron chi connectivity index (χ2n) is 5.10. The lowest BCUT2D eigenvalue weighted by Crippen LogP contribution is -2.11. The second kappa shape index (κ2) is 9.62. The summed E-state index contributed by atoms with van der Waals surface area (Å²) in [5, 5.41) is 7.48. The highest BCUT2D eigenvalue weighted by molar-refractivity contribution is 5.95. The maximum Gasteiger partial charge on any atom is 0.203 e. The summed E-state index contributed by atoms with van der Waals surface area (Å²) in [6.45, 7) is 0.270. The largest absolute Gasteiger partial charge is 0.493 e. The van der Waals surface area contributed by atoms with Crippen LogP contribution in [0, 0.1) is 5.41 Å². The van der Waals surface area contributed by atoms with Crippen LogP contribution in [0.4, 0.5) is 0 Å². The van der Waals surface area contributed by atoms with E-state index in [1.54, 1.807) is 39.5 Å². The lowest BCUT2D eigenvalue weighted by molar-refractivity contribution is 0.281. The van der Waals surface area contributed by atoms with Crippen LogP contribution in [0.5, 0.6) is 28.7 Å². The van der Waals surface area contributed by atoms with E-state index in [1.165, 1.54) is 7.11 Å². The number of hydrogen-bond donors (Lipinski definition) is 2. The molecule has 8 heteroatoms. The van der Waals surface area contributed by atoms with E-state index >= 15 is 0 Å². The van der Waals surface area contributed by atoms with Gasteiger partial charge in [0.05, 0.1) is 28.4 Å². The predicted octanol–water partition coefficient (Wildman–Crippen LogP) is 3.01. The number of hydrogen-bond acceptors (Lipinski definition) is 6. The van der Waals surface area contributed by atoms with Crippen molar-refractivity contribution in [2.75, 3.05) is 28.4 Å². The topological polar surface area (TPSA) is 96.0 Å². The molecular formula is C18H23ClN2O5. The van der Waals surface area contributed by atoms with Gasteiger partial charge in [-0.3, -0.25) is 5.41 Å². The van der Waals surface area contributed by atoms with Crippen LogP contribution in [0.15, 0.2) is 30.3 Å². The van der Waals surface area contributed by atoms with Crippen LogP contribution < -0.4 is 29.4 Å². The molecule has 0 aromatic heterocycles. The van der Waals surface area contributed by atoms with E-state index in [0.29, 0.717) is 34.3 Å². The number of nitrogens with two attached hydrogens (primary N) is 1. The van der Waals surface area contributed by atoms with Gasteiger partial charge in [-0.2, -0.15) is 0 Å². The van der Waals surface area contributed by atoms with Crippen LogP contribution in [0.3, 0.4) is 0 Å². The summed E-state index contributed by atoms with van der Waals surface area (Å²) in [7, 11) is 6.21. The van der Waals surface area contributed by atoms with Crippen molar-refractivity contribution < 1.29 is 23.7 Å². The Labute approximate surface area is 158 Å². The standard InChI is InChI=1S/C18H22N2O5.ClH/c1-21-14-9-12(18(19)20)5-6-13(14)25-10-11-7-15(22-2)17(24-4)16(8-11)23-3;/h5-9H,10H2,1-4H3,(H3,19,20);1H. The molecule has 0 saturated heterocycles. The maximum absolute atomic E-state index is 7.48. The maximum atomic E-state index is 7.48. The Bertz CT molecular complexity index is 742. The minimum absolute atomic E-state index is 0. The molecule has 0 heterocycles. The molecule has 0 unspecified atom stereocenters. The fourth-order valence-corrected chi connectivity index (χ4v) is 2.33. The fourth-order valence-electron chi connectivity index (χ4n) is 2.33. The molecule has 2 aromatic rings. The van der Waals surface area contributed by atoms with Crippen LogP contribution >= 0.6 is 12.4 Å². The summed E-state index contributed by atoms with van der Waals surface area (Å²) in [5.74, 6) is 2.65. The molecule has 142 valence electrons. The Morgan fingerprint density at radius 1 is 0.846 bits per heavy atom. The molecule has 2 rings (SSSR count). The predicted molar refractivity (Wildman–Crippen MR) is 102 cm³/mol. The van der Waals surface area contributed by atoms with Crippen molar-refractivity contribution >= 4 is 18.2 Å². The Balaban J connectivity index is 0.00000338. The van der Waals surface area contributed by atoms with Gasteiger partial charge in [-0.1, -0.05) is 0 Å². The van der Waals surface area contributed by atoms with Crippen LogP contribution in [-0.4, -0.2) is 34.3 Å². The molecule has 0 saturated carbocycles. The molecule has 0 aliphatic rings. The molecule has 7 nitrogen and oxygen atoms in total. The Morgan fingerprint density at radius 3 is 1.88 bits per heavy atom. The SMILES string of the molecule is COc1cc(C(=N)N)ccc1OCc1cc(OC)c(OC)c(OC)c1.Cl. The third-order valence-electron chi connectivity index (χ3n) is 3.59. The zero-order valence-electron chi connectivity index (χ0n) is 15.1. The van der Waals surface area contributed by atoms with Crippen molar-refractivity contribution in [3.8, 4) is 28.7 Å². The first-order valence-corrected chi connectivity index (χ1v) is 7.48. The van der Waals surface area contributed by atoms with Gasteiger partial charge < -0.3 is 29.4 Å². The molecule has 0 aliphatic heterocycles.